The van der Waals surface area contributed by atoms with Crippen LogP contribution in [0.2, 0.25) is 0 Å². The largest absolute Gasteiger partial charge is 0.383 e. The number of anilines is 1. The molecule has 6 rings (SSSR count). The number of hydrogen-bond acceptors (Lipinski definition) is 7. The molecule has 1 atom stereocenters. The summed E-state index contributed by atoms with van der Waals surface area (Å²) in [6, 6.07) is 9.78. The zero-order valence-electron chi connectivity index (χ0n) is 19.6. The van der Waals surface area contributed by atoms with Crippen molar-refractivity contribution in [3.8, 4) is 0 Å². The molecule has 2 saturated heterocycles. The molecule has 2 N–H and O–H groups in total. The van der Waals surface area contributed by atoms with Crippen molar-refractivity contribution in [3.63, 3.8) is 0 Å². The standard InChI is InChI=1S/C26H28FN5O2S/c1-2-19(29-15-16-6-5-9-28-16)22-23(33)17-14-18(27)25(31-10-12-34-13-11-31)30-24(17)32-20-7-3-4-8-21(20)35-26(22)32/h2-4,7-8,14,16,28-29H,5-6,9-13,15H2,1H3. The predicted octanol–water partition coefficient (Wildman–Crippen LogP) is 3.74. The SMILES string of the molecule is CC=C(NCC1CCCN1)c1c(=O)c2cc(F)c(N3CCOCC3)nc2n2c1sc1ccccc12. The lowest BCUT2D eigenvalue weighted by Gasteiger charge is -2.28. The molecule has 2 aliphatic rings. The average molecular weight is 494 g/mol. The molecule has 1 aromatic carbocycles. The summed E-state index contributed by atoms with van der Waals surface area (Å²) in [5, 5.41) is 7.28. The molecule has 182 valence electrons. The number of pyridine rings is 2. The van der Waals surface area contributed by atoms with Gasteiger partial charge in [0.15, 0.2) is 17.3 Å². The van der Waals surface area contributed by atoms with Gasteiger partial charge in [-0.1, -0.05) is 18.2 Å². The first-order chi connectivity index (χ1) is 17.2. The molecule has 0 radical (unpaired) electrons. The molecule has 0 amide bonds. The summed E-state index contributed by atoms with van der Waals surface area (Å²) >= 11 is 1.56. The lowest BCUT2D eigenvalue weighted by molar-refractivity contribution is 0.122. The molecule has 1 unspecified atom stereocenters. The third-order valence-electron chi connectivity index (χ3n) is 6.92. The Morgan fingerprint density at radius 3 is 2.94 bits per heavy atom. The van der Waals surface area contributed by atoms with Crippen LogP contribution in [0.4, 0.5) is 10.2 Å². The van der Waals surface area contributed by atoms with E-state index in [2.05, 4.69) is 10.6 Å². The molecule has 0 bridgehead atoms. The van der Waals surface area contributed by atoms with Crippen molar-refractivity contribution in [2.75, 3.05) is 44.3 Å². The number of halogens is 1. The molecule has 2 fully saturated rings. The van der Waals surface area contributed by atoms with Gasteiger partial charge in [-0.25, -0.2) is 9.37 Å². The van der Waals surface area contributed by atoms with Gasteiger partial charge in [-0.3, -0.25) is 9.20 Å². The Morgan fingerprint density at radius 2 is 2.17 bits per heavy atom. The summed E-state index contributed by atoms with van der Waals surface area (Å²) in [5.74, 6) is -0.208. The van der Waals surface area contributed by atoms with Crippen LogP contribution in [0.1, 0.15) is 25.3 Å². The van der Waals surface area contributed by atoms with Gasteiger partial charge in [-0.2, -0.15) is 0 Å². The van der Waals surface area contributed by atoms with Crippen molar-refractivity contribution in [3.05, 3.63) is 58.0 Å². The predicted molar refractivity (Wildman–Crippen MR) is 140 cm³/mol. The second-order valence-electron chi connectivity index (χ2n) is 9.06. The van der Waals surface area contributed by atoms with Crippen molar-refractivity contribution in [1.29, 1.82) is 0 Å². The van der Waals surface area contributed by atoms with Gasteiger partial charge in [0.25, 0.3) is 0 Å². The van der Waals surface area contributed by atoms with Gasteiger partial charge in [-0.15, -0.1) is 11.3 Å². The number of rotatable bonds is 5. The quantitative estimate of drug-likeness (QED) is 0.442. The first-order valence-corrected chi connectivity index (χ1v) is 13.0. The summed E-state index contributed by atoms with van der Waals surface area (Å²) in [7, 11) is 0. The second kappa shape index (κ2) is 9.22. The van der Waals surface area contributed by atoms with Gasteiger partial charge in [-0.05, 0) is 44.5 Å². The molecule has 4 aromatic rings. The fourth-order valence-corrected chi connectivity index (χ4v) is 6.33. The van der Waals surface area contributed by atoms with Crippen LogP contribution in [0.25, 0.3) is 31.8 Å². The van der Waals surface area contributed by atoms with E-state index in [9.17, 15) is 4.79 Å². The maximum absolute atomic E-state index is 15.4. The number of morpholine rings is 1. The minimum Gasteiger partial charge on any atom is -0.383 e. The van der Waals surface area contributed by atoms with Crippen molar-refractivity contribution in [2.24, 2.45) is 0 Å². The average Bonchev–Trinajstić information content (AvgIpc) is 3.54. The van der Waals surface area contributed by atoms with Crippen molar-refractivity contribution in [1.82, 2.24) is 20.0 Å². The number of allylic oxidation sites excluding steroid dienone is 1. The molecule has 5 heterocycles. The highest BCUT2D eigenvalue weighted by molar-refractivity contribution is 7.24. The normalized spacial score (nSPS) is 19.3. The number of hydrogen-bond donors (Lipinski definition) is 2. The highest BCUT2D eigenvalue weighted by Crippen LogP contribution is 2.34. The zero-order chi connectivity index (χ0) is 23.9. The third-order valence-corrected chi connectivity index (χ3v) is 8.07. The third kappa shape index (κ3) is 3.87. The van der Waals surface area contributed by atoms with Crippen LogP contribution in [-0.2, 0) is 4.74 Å². The second-order valence-corrected chi connectivity index (χ2v) is 10.1. The fraction of sp³-hybridized carbons (Fsp3) is 0.385. The van der Waals surface area contributed by atoms with Gasteiger partial charge < -0.3 is 20.3 Å². The summed E-state index contributed by atoms with van der Waals surface area (Å²) in [5.41, 5.74) is 2.58. The van der Waals surface area contributed by atoms with Crippen LogP contribution in [-0.4, -0.2) is 54.8 Å². The molecule has 2 aliphatic heterocycles. The number of fused-ring (bicyclic) bond motifs is 5. The van der Waals surface area contributed by atoms with Gasteiger partial charge in [0.1, 0.15) is 4.83 Å². The summed E-state index contributed by atoms with van der Waals surface area (Å²) in [6.07, 6.45) is 4.21. The van der Waals surface area contributed by atoms with Crippen LogP contribution in [0.5, 0.6) is 0 Å². The smallest absolute Gasteiger partial charge is 0.201 e. The Kier molecular flexibility index (Phi) is 5.91. The highest BCUT2D eigenvalue weighted by atomic mass is 32.1. The van der Waals surface area contributed by atoms with Crippen LogP contribution >= 0.6 is 11.3 Å². The topological polar surface area (TPSA) is 70.9 Å². The highest BCUT2D eigenvalue weighted by Gasteiger charge is 2.24. The minimum atomic E-state index is -0.480. The van der Waals surface area contributed by atoms with E-state index >= 15 is 4.39 Å². The molecule has 7 nitrogen and oxygen atoms in total. The van der Waals surface area contributed by atoms with Crippen molar-refractivity contribution < 1.29 is 9.13 Å². The number of benzene rings is 1. The maximum Gasteiger partial charge on any atom is 0.201 e. The molecule has 35 heavy (non-hydrogen) atoms. The van der Waals surface area contributed by atoms with Gasteiger partial charge in [0.2, 0.25) is 5.43 Å². The Labute approximate surface area is 206 Å². The van der Waals surface area contributed by atoms with E-state index in [-0.39, 0.29) is 16.6 Å². The van der Waals surface area contributed by atoms with Crippen LogP contribution < -0.4 is 21.0 Å². The van der Waals surface area contributed by atoms with Gasteiger partial charge in [0.05, 0.1) is 34.4 Å². The van der Waals surface area contributed by atoms with E-state index in [0.29, 0.717) is 43.6 Å². The molecule has 0 spiro atoms. The lowest BCUT2D eigenvalue weighted by atomic mass is 10.1. The number of thiazole rings is 1. The van der Waals surface area contributed by atoms with E-state index in [4.69, 9.17) is 9.72 Å². The Bertz CT molecular complexity index is 1500. The first-order valence-electron chi connectivity index (χ1n) is 12.2. The Balaban J connectivity index is 1.59. The van der Waals surface area contributed by atoms with E-state index in [0.717, 1.165) is 46.7 Å². The fourth-order valence-electron chi connectivity index (χ4n) is 5.13. The molecular formula is C26H28FN5O2S. The lowest BCUT2D eigenvalue weighted by Crippen LogP contribution is -2.37. The van der Waals surface area contributed by atoms with Crippen LogP contribution in [0, 0.1) is 5.82 Å². The number of nitrogens with one attached hydrogen (secondary N) is 2. The van der Waals surface area contributed by atoms with Crippen LogP contribution in [0.3, 0.4) is 0 Å². The van der Waals surface area contributed by atoms with E-state index in [1.807, 2.05) is 46.6 Å². The van der Waals surface area contributed by atoms with Gasteiger partial charge >= 0.3 is 0 Å². The van der Waals surface area contributed by atoms with E-state index in [1.54, 1.807) is 11.3 Å². The number of ether oxygens (including phenoxy) is 1. The Hall–Kier alpha value is -3.01. The maximum atomic E-state index is 15.4. The summed E-state index contributed by atoms with van der Waals surface area (Å²) < 4.78 is 23.9. The van der Waals surface area contributed by atoms with E-state index in [1.165, 1.54) is 6.07 Å². The molecule has 0 saturated carbocycles. The first kappa shape index (κ1) is 22.5. The molecule has 9 heteroatoms. The number of nitrogens with zero attached hydrogens (tertiary/aromatic N) is 3. The zero-order valence-corrected chi connectivity index (χ0v) is 20.5. The monoisotopic (exact) mass is 493 g/mol. The van der Waals surface area contributed by atoms with Crippen molar-refractivity contribution >= 4 is 48.9 Å². The summed E-state index contributed by atoms with van der Waals surface area (Å²) in [6.45, 7) is 5.87. The number of para-hydroxylation sites is 1. The molecular weight excluding hydrogens is 465 g/mol. The van der Waals surface area contributed by atoms with Crippen LogP contribution in [0.15, 0.2) is 41.2 Å². The number of aromatic nitrogens is 2. The van der Waals surface area contributed by atoms with Gasteiger partial charge in [0, 0.05) is 31.4 Å². The summed E-state index contributed by atoms with van der Waals surface area (Å²) in [4.78, 5) is 21.4. The Morgan fingerprint density at radius 1 is 1.34 bits per heavy atom. The minimum absolute atomic E-state index is 0.202. The molecule has 3 aromatic heterocycles. The van der Waals surface area contributed by atoms with E-state index < -0.39 is 5.82 Å². The van der Waals surface area contributed by atoms with Crippen molar-refractivity contribution in [2.45, 2.75) is 25.8 Å². The molecule has 0 aliphatic carbocycles.